The van der Waals surface area contributed by atoms with Crippen molar-refractivity contribution in [2.75, 3.05) is 50.8 Å². The van der Waals surface area contributed by atoms with E-state index in [0.29, 0.717) is 18.0 Å². The lowest BCUT2D eigenvalue weighted by Gasteiger charge is -2.36. The molecular formula is C25H28FN3O2. The molecule has 1 aliphatic rings. The molecule has 1 heterocycles. The Morgan fingerprint density at radius 3 is 2.48 bits per heavy atom. The fraction of sp³-hybridized carbons (Fsp3) is 0.320. The molecule has 31 heavy (non-hydrogen) atoms. The molecule has 0 saturated carbocycles. The topological polar surface area (TPSA) is 44.8 Å². The molecule has 5 nitrogen and oxygen atoms in total. The number of para-hydroxylation sites is 1. The first kappa shape index (κ1) is 21.1. The van der Waals surface area contributed by atoms with Crippen LogP contribution in [0.2, 0.25) is 0 Å². The van der Waals surface area contributed by atoms with Crippen molar-refractivity contribution in [3.8, 4) is 5.75 Å². The van der Waals surface area contributed by atoms with Crippen LogP contribution >= 0.6 is 0 Å². The summed E-state index contributed by atoms with van der Waals surface area (Å²) in [4.78, 5) is 16.5. The maximum absolute atomic E-state index is 13.9. The molecule has 0 aliphatic carbocycles. The van der Waals surface area contributed by atoms with Crippen LogP contribution in [-0.2, 0) is 4.79 Å². The van der Waals surface area contributed by atoms with Gasteiger partial charge in [-0.2, -0.15) is 0 Å². The van der Waals surface area contributed by atoms with Gasteiger partial charge < -0.3 is 15.0 Å². The van der Waals surface area contributed by atoms with Crippen LogP contribution in [-0.4, -0.2) is 56.7 Å². The number of piperazine rings is 1. The molecule has 1 N–H and O–H groups in total. The van der Waals surface area contributed by atoms with E-state index in [1.165, 1.54) is 6.07 Å². The lowest BCUT2D eigenvalue weighted by Crippen LogP contribution is -2.47. The number of nitrogens with zero attached hydrogens (tertiary/aromatic N) is 2. The fourth-order valence-corrected chi connectivity index (χ4v) is 3.91. The molecule has 3 aromatic carbocycles. The summed E-state index contributed by atoms with van der Waals surface area (Å²) in [5, 5.41) is 5.16. The van der Waals surface area contributed by atoms with Crippen molar-refractivity contribution in [1.82, 2.24) is 10.2 Å². The number of rotatable bonds is 8. The maximum Gasteiger partial charge on any atom is 0.257 e. The standard InChI is InChI=1S/C25H28FN3O2/c26-23-8-3-4-9-24(23)29-16-14-28(15-17-29)13-5-12-27-25(30)19-31-22-11-10-20-6-1-2-7-21(20)18-22/h1-4,6-11,18H,5,12-17,19H2,(H,27,30). The fourth-order valence-electron chi connectivity index (χ4n) is 3.91. The van der Waals surface area contributed by atoms with Crippen LogP contribution in [0.4, 0.5) is 10.1 Å². The van der Waals surface area contributed by atoms with Gasteiger partial charge in [0.05, 0.1) is 5.69 Å². The van der Waals surface area contributed by atoms with Crippen molar-refractivity contribution in [3.05, 3.63) is 72.5 Å². The van der Waals surface area contributed by atoms with Crippen molar-refractivity contribution >= 4 is 22.4 Å². The predicted molar refractivity (Wildman–Crippen MR) is 122 cm³/mol. The van der Waals surface area contributed by atoms with Crippen LogP contribution in [0.25, 0.3) is 10.8 Å². The van der Waals surface area contributed by atoms with E-state index < -0.39 is 0 Å². The van der Waals surface area contributed by atoms with Gasteiger partial charge in [-0.05, 0) is 48.0 Å². The van der Waals surface area contributed by atoms with Gasteiger partial charge in [0.2, 0.25) is 0 Å². The molecule has 0 spiro atoms. The number of benzene rings is 3. The lowest BCUT2D eigenvalue weighted by molar-refractivity contribution is -0.123. The van der Waals surface area contributed by atoms with E-state index in [9.17, 15) is 9.18 Å². The molecule has 0 bridgehead atoms. The van der Waals surface area contributed by atoms with E-state index in [1.807, 2.05) is 54.6 Å². The second-order valence-corrected chi connectivity index (χ2v) is 7.78. The predicted octanol–water partition coefficient (Wildman–Crippen LogP) is 3.69. The molecule has 0 unspecified atom stereocenters. The Morgan fingerprint density at radius 2 is 1.68 bits per heavy atom. The van der Waals surface area contributed by atoms with Gasteiger partial charge in [0, 0.05) is 32.7 Å². The molecule has 162 valence electrons. The molecule has 0 atom stereocenters. The molecule has 6 heteroatoms. The quantitative estimate of drug-likeness (QED) is 0.564. The normalized spacial score (nSPS) is 14.5. The molecule has 3 aromatic rings. The Balaban J connectivity index is 1.12. The minimum Gasteiger partial charge on any atom is -0.484 e. The smallest absolute Gasteiger partial charge is 0.257 e. The van der Waals surface area contributed by atoms with Crippen molar-refractivity contribution in [3.63, 3.8) is 0 Å². The Labute approximate surface area is 182 Å². The summed E-state index contributed by atoms with van der Waals surface area (Å²) in [7, 11) is 0. The van der Waals surface area contributed by atoms with Crippen molar-refractivity contribution < 1.29 is 13.9 Å². The molecule has 1 aliphatic heterocycles. The highest BCUT2D eigenvalue weighted by Gasteiger charge is 2.18. The maximum atomic E-state index is 13.9. The second kappa shape index (κ2) is 10.3. The average molecular weight is 422 g/mol. The monoisotopic (exact) mass is 421 g/mol. The van der Waals surface area contributed by atoms with E-state index in [2.05, 4.69) is 15.1 Å². The van der Waals surface area contributed by atoms with E-state index >= 15 is 0 Å². The summed E-state index contributed by atoms with van der Waals surface area (Å²) in [5.74, 6) is 0.420. The Kier molecular flexibility index (Phi) is 6.99. The molecule has 1 saturated heterocycles. The number of carbonyl (C=O) groups is 1. The Hall–Kier alpha value is -3.12. The number of fused-ring (bicyclic) bond motifs is 1. The van der Waals surface area contributed by atoms with Crippen molar-refractivity contribution in [2.24, 2.45) is 0 Å². The van der Waals surface area contributed by atoms with Crippen LogP contribution in [0.1, 0.15) is 6.42 Å². The first-order chi connectivity index (χ1) is 15.2. The number of anilines is 1. The number of hydrogen-bond acceptors (Lipinski definition) is 4. The third kappa shape index (κ3) is 5.73. The third-order valence-corrected chi connectivity index (χ3v) is 5.63. The van der Waals surface area contributed by atoms with Crippen LogP contribution < -0.4 is 15.0 Å². The number of hydrogen-bond donors (Lipinski definition) is 1. The largest absolute Gasteiger partial charge is 0.484 e. The van der Waals surface area contributed by atoms with Gasteiger partial charge in [-0.15, -0.1) is 0 Å². The molecule has 0 aromatic heterocycles. The highest BCUT2D eigenvalue weighted by molar-refractivity contribution is 5.84. The Morgan fingerprint density at radius 1 is 0.935 bits per heavy atom. The zero-order chi connectivity index (χ0) is 21.5. The second-order valence-electron chi connectivity index (χ2n) is 7.78. The van der Waals surface area contributed by atoms with Gasteiger partial charge in [-0.25, -0.2) is 4.39 Å². The van der Waals surface area contributed by atoms with Gasteiger partial charge in [0.25, 0.3) is 5.91 Å². The summed E-state index contributed by atoms with van der Waals surface area (Å²) in [6, 6.07) is 20.8. The summed E-state index contributed by atoms with van der Waals surface area (Å²) in [6.07, 6.45) is 0.876. The third-order valence-electron chi connectivity index (χ3n) is 5.63. The van der Waals surface area contributed by atoms with Crippen LogP contribution in [0, 0.1) is 5.82 Å². The summed E-state index contributed by atoms with van der Waals surface area (Å²) in [6.45, 7) is 4.96. The minimum atomic E-state index is -0.162. The summed E-state index contributed by atoms with van der Waals surface area (Å²) in [5.41, 5.74) is 0.681. The van der Waals surface area contributed by atoms with Crippen molar-refractivity contribution in [1.29, 1.82) is 0 Å². The van der Waals surface area contributed by atoms with Gasteiger partial charge in [0.1, 0.15) is 11.6 Å². The van der Waals surface area contributed by atoms with Gasteiger partial charge in [0.15, 0.2) is 6.61 Å². The summed E-state index contributed by atoms with van der Waals surface area (Å²) < 4.78 is 19.6. The van der Waals surface area contributed by atoms with Gasteiger partial charge in [-0.1, -0.05) is 42.5 Å². The first-order valence-electron chi connectivity index (χ1n) is 10.8. The lowest BCUT2D eigenvalue weighted by atomic mass is 10.1. The Bertz CT molecular complexity index is 1020. The SMILES string of the molecule is O=C(COc1ccc2ccccc2c1)NCCCN1CCN(c2ccccc2F)CC1. The molecular weight excluding hydrogens is 393 g/mol. The molecule has 0 radical (unpaired) electrons. The number of nitrogens with one attached hydrogen (secondary N) is 1. The number of ether oxygens (including phenoxy) is 1. The van der Waals surface area contributed by atoms with E-state index in [4.69, 9.17) is 4.74 Å². The highest BCUT2D eigenvalue weighted by Crippen LogP contribution is 2.21. The van der Waals surface area contributed by atoms with E-state index in [0.717, 1.165) is 49.9 Å². The molecule has 4 rings (SSSR count). The zero-order valence-corrected chi connectivity index (χ0v) is 17.6. The van der Waals surface area contributed by atoms with Gasteiger partial charge in [-0.3, -0.25) is 9.69 Å². The van der Waals surface area contributed by atoms with Gasteiger partial charge >= 0.3 is 0 Å². The van der Waals surface area contributed by atoms with Crippen LogP contribution in [0.3, 0.4) is 0 Å². The average Bonchev–Trinajstić information content (AvgIpc) is 2.81. The number of amides is 1. The molecule has 1 amide bonds. The highest BCUT2D eigenvalue weighted by atomic mass is 19.1. The minimum absolute atomic E-state index is 0.0135. The number of carbonyl (C=O) groups excluding carboxylic acids is 1. The van der Waals surface area contributed by atoms with Crippen LogP contribution in [0.5, 0.6) is 5.75 Å². The first-order valence-corrected chi connectivity index (χ1v) is 10.8. The summed E-state index contributed by atoms with van der Waals surface area (Å²) >= 11 is 0. The number of halogens is 1. The van der Waals surface area contributed by atoms with E-state index in [1.54, 1.807) is 6.07 Å². The van der Waals surface area contributed by atoms with Crippen LogP contribution in [0.15, 0.2) is 66.7 Å². The van der Waals surface area contributed by atoms with Crippen molar-refractivity contribution in [2.45, 2.75) is 6.42 Å². The zero-order valence-electron chi connectivity index (χ0n) is 17.6. The molecule has 1 fully saturated rings. The van der Waals surface area contributed by atoms with E-state index in [-0.39, 0.29) is 18.3 Å².